The smallest absolute Gasteiger partial charge is 0.229 e. The molecule has 2 N–H and O–H groups in total. The van der Waals surface area contributed by atoms with E-state index in [-0.39, 0.29) is 18.1 Å². The number of aromatic nitrogens is 2. The summed E-state index contributed by atoms with van der Waals surface area (Å²) in [6.07, 6.45) is 0.774. The van der Waals surface area contributed by atoms with E-state index in [1.165, 1.54) is 0 Å². The van der Waals surface area contributed by atoms with Gasteiger partial charge in [0, 0.05) is 11.8 Å². The van der Waals surface area contributed by atoms with Crippen LogP contribution in [-0.4, -0.2) is 21.0 Å². The Morgan fingerprint density at radius 3 is 2.36 bits per heavy atom. The number of fused-ring (bicyclic) bond motifs is 4. The van der Waals surface area contributed by atoms with Gasteiger partial charge < -0.3 is 10.4 Å². The van der Waals surface area contributed by atoms with Crippen molar-refractivity contribution in [3.05, 3.63) is 120 Å². The van der Waals surface area contributed by atoms with E-state index in [0.717, 1.165) is 38.2 Å². The number of carbonyl (C=O) groups excluding carboxylic acids is 1. The maximum atomic E-state index is 13.1. The monoisotopic (exact) mass is 469 g/mol. The van der Waals surface area contributed by atoms with Crippen LogP contribution in [0.3, 0.4) is 0 Å². The van der Waals surface area contributed by atoms with Gasteiger partial charge in [0.2, 0.25) is 5.91 Å². The van der Waals surface area contributed by atoms with Crippen LogP contribution in [0.1, 0.15) is 16.8 Å². The molecular weight excluding hydrogens is 446 g/mol. The Labute approximate surface area is 208 Å². The Morgan fingerprint density at radius 2 is 1.50 bits per heavy atom. The van der Waals surface area contributed by atoms with E-state index in [1.54, 1.807) is 12.1 Å². The van der Waals surface area contributed by atoms with E-state index in [9.17, 15) is 9.90 Å². The fourth-order valence-corrected chi connectivity index (χ4v) is 4.59. The average Bonchev–Trinajstić information content (AvgIpc) is 2.89. The minimum atomic E-state index is -0.140. The number of phenolic OH excluding ortho intramolecular Hbond substituents is 1. The Balaban J connectivity index is 1.38. The van der Waals surface area contributed by atoms with E-state index in [2.05, 4.69) is 11.4 Å². The molecule has 0 atom stereocenters. The minimum Gasteiger partial charge on any atom is -0.508 e. The first-order chi connectivity index (χ1) is 17.6. The molecule has 6 rings (SSSR count). The van der Waals surface area contributed by atoms with Crippen molar-refractivity contribution in [3.8, 4) is 5.75 Å². The molecule has 0 radical (unpaired) electrons. The van der Waals surface area contributed by atoms with Crippen molar-refractivity contribution in [2.75, 3.05) is 5.32 Å². The predicted octanol–water partition coefficient (Wildman–Crippen LogP) is 6.41. The fraction of sp³-hybridized carbons (Fsp3) is 0.0645. The third-order valence-electron chi connectivity index (χ3n) is 6.36. The number of rotatable bonds is 5. The Morgan fingerprint density at radius 1 is 0.722 bits per heavy atom. The van der Waals surface area contributed by atoms with E-state index in [1.807, 2.05) is 84.9 Å². The van der Waals surface area contributed by atoms with Crippen molar-refractivity contribution >= 4 is 44.3 Å². The summed E-state index contributed by atoms with van der Waals surface area (Å²) < 4.78 is 0. The zero-order chi connectivity index (χ0) is 24.5. The van der Waals surface area contributed by atoms with E-state index >= 15 is 0 Å². The molecule has 5 aromatic carbocycles. The predicted molar refractivity (Wildman–Crippen MR) is 144 cm³/mol. The molecular formula is C31H23N3O2. The van der Waals surface area contributed by atoms with Gasteiger partial charge in [0.25, 0.3) is 0 Å². The maximum absolute atomic E-state index is 13.1. The van der Waals surface area contributed by atoms with E-state index < -0.39 is 0 Å². The molecule has 1 amide bonds. The lowest BCUT2D eigenvalue weighted by molar-refractivity contribution is -0.115. The van der Waals surface area contributed by atoms with Gasteiger partial charge in [-0.15, -0.1) is 0 Å². The second kappa shape index (κ2) is 9.12. The number of amides is 1. The first kappa shape index (κ1) is 21.7. The lowest BCUT2D eigenvalue weighted by atomic mass is 10.0. The second-order valence-electron chi connectivity index (χ2n) is 8.93. The number of anilines is 1. The molecule has 0 unspecified atom stereocenters. The fourth-order valence-electron chi connectivity index (χ4n) is 4.59. The van der Waals surface area contributed by atoms with Crippen LogP contribution in [0.4, 0.5) is 5.82 Å². The summed E-state index contributed by atoms with van der Waals surface area (Å²) in [7, 11) is 0. The Kier molecular flexibility index (Phi) is 5.51. The quantitative estimate of drug-likeness (QED) is 0.286. The number of nitrogens with zero attached hydrogens (tertiary/aromatic N) is 2. The van der Waals surface area contributed by atoms with Crippen LogP contribution in [-0.2, 0) is 17.6 Å². The molecule has 174 valence electrons. The molecule has 0 aliphatic heterocycles. The SMILES string of the molecule is O=C(Cc1ccc2ccccc2c1)Nc1nc2ccc3cc(O)ccc3c2nc1Cc1ccccc1. The molecule has 1 aromatic heterocycles. The summed E-state index contributed by atoms with van der Waals surface area (Å²) in [5.74, 6) is 0.533. The number of aromatic hydroxyl groups is 1. The van der Waals surface area contributed by atoms with Crippen molar-refractivity contribution in [2.24, 2.45) is 0 Å². The van der Waals surface area contributed by atoms with E-state index in [0.29, 0.717) is 23.4 Å². The van der Waals surface area contributed by atoms with Crippen LogP contribution in [0.5, 0.6) is 5.75 Å². The number of benzene rings is 5. The van der Waals surface area contributed by atoms with Crippen LogP contribution < -0.4 is 5.32 Å². The molecule has 6 aromatic rings. The highest BCUT2D eigenvalue weighted by Gasteiger charge is 2.15. The van der Waals surface area contributed by atoms with Gasteiger partial charge in [-0.2, -0.15) is 0 Å². The van der Waals surface area contributed by atoms with Gasteiger partial charge in [0.1, 0.15) is 5.75 Å². The molecule has 1 heterocycles. The van der Waals surface area contributed by atoms with Crippen LogP contribution in [0, 0.1) is 0 Å². The molecule has 36 heavy (non-hydrogen) atoms. The summed E-state index contributed by atoms with van der Waals surface area (Å²) in [6.45, 7) is 0. The largest absolute Gasteiger partial charge is 0.508 e. The highest BCUT2D eigenvalue weighted by Crippen LogP contribution is 2.29. The van der Waals surface area contributed by atoms with Crippen LogP contribution >= 0.6 is 0 Å². The average molecular weight is 470 g/mol. The molecule has 0 aliphatic rings. The van der Waals surface area contributed by atoms with Gasteiger partial charge in [0.15, 0.2) is 5.82 Å². The second-order valence-corrected chi connectivity index (χ2v) is 8.93. The molecule has 0 aliphatic carbocycles. The summed E-state index contributed by atoms with van der Waals surface area (Å²) in [4.78, 5) is 22.9. The van der Waals surface area contributed by atoms with E-state index in [4.69, 9.17) is 9.97 Å². The third kappa shape index (κ3) is 4.34. The zero-order valence-electron chi connectivity index (χ0n) is 19.5. The summed E-state index contributed by atoms with van der Waals surface area (Å²) >= 11 is 0. The summed E-state index contributed by atoms with van der Waals surface area (Å²) in [5.41, 5.74) is 4.14. The molecule has 0 saturated heterocycles. The van der Waals surface area contributed by atoms with Crippen molar-refractivity contribution in [1.29, 1.82) is 0 Å². The number of phenols is 1. The highest BCUT2D eigenvalue weighted by atomic mass is 16.3. The number of carbonyl (C=O) groups is 1. The van der Waals surface area contributed by atoms with Crippen molar-refractivity contribution in [1.82, 2.24) is 9.97 Å². The lowest BCUT2D eigenvalue weighted by Crippen LogP contribution is -2.17. The number of hydrogen-bond donors (Lipinski definition) is 2. The molecule has 0 fully saturated rings. The maximum Gasteiger partial charge on any atom is 0.229 e. The van der Waals surface area contributed by atoms with Crippen LogP contribution in [0.15, 0.2) is 103 Å². The molecule has 0 spiro atoms. The van der Waals surface area contributed by atoms with Gasteiger partial charge in [-0.05, 0) is 51.6 Å². The lowest BCUT2D eigenvalue weighted by Gasteiger charge is -2.13. The summed E-state index contributed by atoms with van der Waals surface area (Å²) in [5, 5.41) is 17.0. The van der Waals surface area contributed by atoms with Crippen molar-refractivity contribution in [3.63, 3.8) is 0 Å². The topological polar surface area (TPSA) is 75.1 Å². The third-order valence-corrected chi connectivity index (χ3v) is 6.36. The summed E-state index contributed by atoms with van der Waals surface area (Å²) in [6, 6.07) is 33.2. The zero-order valence-corrected chi connectivity index (χ0v) is 19.5. The molecule has 0 bridgehead atoms. The van der Waals surface area contributed by atoms with Crippen molar-refractivity contribution in [2.45, 2.75) is 12.8 Å². The first-order valence-corrected chi connectivity index (χ1v) is 11.9. The van der Waals surface area contributed by atoms with Crippen molar-refractivity contribution < 1.29 is 9.90 Å². The first-order valence-electron chi connectivity index (χ1n) is 11.9. The van der Waals surface area contributed by atoms with Gasteiger partial charge in [-0.25, -0.2) is 9.97 Å². The number of hydrogen-bond acceptors (Lipinski definition) is 4. The standard InChI is InChI=1S/C31H23N3O2/c35-25-13-14-26-24(19-25)12-15-27-30(26)32-28(17-20-6-2-1-3-7-20)31(33-27)34-29(36)18-21-10-11-22-8-4-5-9-23(22)16-21/h1-16,19,35H,17-18H2,(H,33,34,36). The van der Waals surface area contributed by atoms with Gasteiger partial charge in [-0.1, -0.05) is 78.9 Å². The minimum absolute atomic E-state index is 0.140. The highest BCUT2D eigenvalue weighted by molar-refractivity contribution is 6.05. The number of nitrogens with one attached hydrogen (secondary N) is 1. The van der Waals surface area contributed by atoms with Gasteiger partial charge in [0.05, 0.1) is 23.1 Å². The normalized spacial score (nSPS) is 11.2. The van der Waals surface area contributed by atoms with Gasteiger partial charge in [-0.3, -0.25) is 4.79 Å². The Bertz CT molecular complexity index is 1750. The molecule has 0 saturated carbocycles. The molecule has 5 nitrogen and oxygen atoms in total. The molecule has 5 heteroatoms. The van der Waals surface area contributed by atoms with Crippen LogP contribution in [0.2, 0.25) is 0 Å². The van der Waals surface area contributed by atoms with Crippen LogP contribution in [0.25, 0.3) is 32.6 Å². The Hall–Kier alpha value is -4.77. The van der Waals surface area contributed by atoms with Gasteiger partial charge >= 0.3 is 0 Å².